The van der Waals surface area contributed by atoms with Crippen LogP contribution in [0.15, 0.2) is 170 Å². The summed E-state index contributed by atoms with van der Waals surface area (Å²) in [6.45, 7) is 14.3. The Hall–Kier alpha value is -6.50. The van der Waals surface area contributed by atoms with Crippen molar-refractivity contribution in [3.8, 4) is 66.8 Å². The molecule has 0 spiro atoms. The van der Waals surface area contributed by atoms with Crippen molar-refractivity contribution >= 4 is 21.5 Å². The summed E-state index contributed by atoms with van der Waals surface area (Å²) in [5, 5.41) is 5.15. The Labute approximate surface area is 347 Å². The normalized spacial score (nSPS) is 15.7. The Morgan fingerprint density at radius 3 is 1.29 bits per heavy atom. The van der Waals surface area contributed by atoms with E-state index in [4.69, 9.17) is 0 Å². The van der Waals surface area contributed by atoms with Crippen LogP contribution in [0.2, 0.25) is 0 Å². The minimum Gasteiger partial charge on any atom is -0.0619 e. The number of hydrogen-bond donors (Lipinski definition) is 0. The van der Waals surface area contributed by atoms with Crippen molar-refractivity contribution in [1.82, 2.24) is 0 Å². The molecule has 282 valence electrons. The molecule has 0 atom stereocenters. The van der Waals surface area contributed by atoms with Gasteiger partial charge in [0, 0.05) is 16.2 Å². The lowest BCUT2D eigenvalue weighted by Gasteiger charge is -2.24. The molecule has 3 aliphatic carbocycles. The highest BCUT2D eigenvalue weighted by atomic mass is 14.4. The second kappa shape index (κ2) is 11.8. The van der Waals surface area contributed by atoms with Crippen LogP contribution in [-0.4, -0.2) is 0 Å². The fourth-order valence-electron chi connectivity index (χ4n) is 11.7. The monoisotopic (exact) mass is 754 g/mol. The van der Waals surface area contributed by atoms with Gasteiger partial charge >= 0.3 is 0 Å². The van der Waals surface area contributed by atoms with Crippen molar-refractivity contribution in [3.63, 3.8) is 0 Å². The van der Waals surface area contributed by atoms with Crippen LogP contribution >= 0.6 is 0 Å². The van der Waals surface area contributed by atoms with Crippen LogP contribution < -0.4 is 0 Å². The van der Waals surface area contributed by atoms with Crippen molar-refractivity contribution in [2.45, 2.75) is 57.8 Å². The maximum absolute atomic E-state index is 2.51. The Kier molecular flexibility index (Phi) is 6.91. The zero-order chi connectivity index (χ0) is 40.0. The third kappa shape index (κ3) is 4.55. The largest absolute Gasteiger partial charge is 0.0619 e. The Balaban J connectivity index is 1.16. The summed E-state index contributed by atoms with van der Waals surface area (Å²) in [4.78, 5) is 0. The Morgan fingerprint density at radius 2 is 0.644 bits per heavy atom. The van der Waals surface area contributed by atoms with Crippen molar-refractivity contribution in [2.75, 3.05) is 0 Å². The van der Waals surface area contributed by atoms with Gasteiger partial charge in [0.05, 0.1) is 0 Å². The van der Waals surface area contributed by atoms with Gasteiger partial charge in [-0.3, -0.25) is 0 Å². The van der Waals surface area contributed by atoms with Gasteiger partial charge in [-0.1, -0.05) is 193 Å². The molecule has 0 unspecified atom stereocenters. The van der Waals surface area contributed by atoms with E-state index in [9.17, 15) is 0 Å². The van der Waals surface area contributed by atoms with Crippen LogP contribution in [0.5, 0.6) is 0 Å². The van der Waals surface area contributed by atoms with E-state index in [1.54, 1.807) is 0 Å². The minimum absolute atomic E-state index is 0.0696. The molecule has 0 nitrogen and oxygen atoms in total. The molecule has 0 saturated carbocycles. The summed E-state index contributed by atoms with van der Waals surface area (Å²) in [5.74, 6) is 0. The van der Waals surface area contributed by atoms with Gasteiger partial charge < -0.3 is 0 Å². The third-order valence-electron chi connectivity index (χ3n) is 14.7. The van der Waals surface area contributed by atoms with Gasteiger partial charge in [0.15, 0.2) is 0 Å². The first-order valence-electron chi connectivity index (χ1n) is 21.3. The number of benzene rings is 9. The van der Waals surface area contributed by atoms with E-state index >= 15 is 0 Å². The zero-order valence-corrected chi connectivity index (χ0v) is 34.7. The van der Waals surface area contributed by atoms with Gasteiger partial charge in [0.1, 0.15) is 0 Å². The number of fused-ring (bicyclic) bond motifs is 11. The smallest absolute Gasteiger partial charge is 0.0159 e. The summed E-state index contributed by atoms with van der Waals surface area (Å²) < 4.78 is 0. The molecule has 0 heterocycles. The molecule has 9 aromatic carbocycles. The van der Waals surface area contributed by atoms with Crippen LogP contribution in [0.25, 0.3) is 88.3 Å². The third-order valence-corrected chi connectivity index (χ3v) is 14.7. The Bertz CT molecular complexity index is 3290. The lowest BCUT2D eigenvalue weighted by molar-refractivity contribution is 0.660. The van der Waals surface area contributed by atoms with E-state index in [0.717, 1.165) is 0 Å². The van der Waals surface area contributed by atoms with E-state index in [0.29, 0.717) is 0 Å². The van der Waals surface area contributed by atoms with E-state index in [1.807, 2.05) is 0 Å². The molecule has 0 aromatic heterocycles. The lowest BCUT2D eigenvalue weighted by atomic mass is 9.79. The molecule has 0 amide bonds. The predicted molar refractivity (Wildman–Crippen MR) is 250 cm³/mol. The summed E-state index contributed by atoms with van der Waals surface area (Å²) in [6, 6.07) is 65.0. The van der Waals surface area contributed by atoms with Gasteiger partial charge in [-0.05, 0) is 140 Å². The van der Waals surface area contributed by atoms with Crippen molar-refractivity contribution in [2.24, 2.45) is 0 Å². The molecule has 0 heteroatoms. The quantitative estimate of drug-likeness (QED) is 0.158. The maximum Gasteiger partial charge on any atom is 0.0159 e. The fourth-order valence-corrected chi connectivity index (χ4v) is 11.7. The summed E-state index contributed by atoms with van der Waals surface area (Å²) in [7, 11) is 0. The van der Waals surface area contributed by atoms with Crippen molar-refractivity contribution < 1.29 is 0 Å². The fraction of sp³-hybridized carbons (Fsp3) is 0.153. The second-order valence-electron chi connectivity index (χ2n) is 18.8. The average Bonchev–Trinajstić information content (AvgIpc) is 3.75. The van der Waals surface area contributed by atoms with E-state index in [-0.39, 0.29) is 16.2 Å². The number of rotatable bonds is 3. The maximum atomic E-state index is 2.51. The van der Waals surface area contributed by atoms with Crippen LogP contribution in [0.3, 0.4) is 0 Å². The van der Waals surface area contributed by atoms with E-state index in [2.05, 4.69) is 211 Å². The van der Waals surface area contributed by atoms with Crippen LogP contribution in [0.1, 0.15) is 74.9 Å². The highest BCUT2D eigenvalue weighted by Crippen LogP contribution is 2.56. The molecule has 59 heavy (non-hydrogen) atoms. The molecule has 0 radical (unpaired) electrons. The molecule has 0 N–H and O–H groups in total. The summed E-state index contributed by atoms with van der Waals surface area (Å²) >= 11 is 0. The van der Waals surface area contributed by atoms with Gasteiger partial charge in [-0.25, -0.2) is 0 Å². The minimum atomic E-state index is -0.0990. The average molecular weight is 755 g/mol. The molecule has 3 aliphatic rings. The predicted octanol–water partition coefficient (Wildman–Crippen LogP) is 15.9. The SMILES string of the molecule is CC1(C)c2ccccc2-c2ccc(-c3ccc4c(-c5cccc6c5-c5ccccc5C6(C)C)c5ccccc5c(-c5ccc6c(c5)C(C)(C)c5ccccc5-6)c4c3)cc21. The van der Waals surface area contributed by atoms with Crippen LogP contribution in [0.4, 0.5) is 0 Å². The molecule has 0 aliphatic heterocycles. The van der Waals surface area contributed by atoms with E-state index < -0.39 is 0 Å². The zero-order valence-electron chi connectivity index (χ0n) is 34.7. The summed E-state index contributed by atoms with van der Waals surface area (Å²) in [6.07, 6.45) is 0. The van der Waals surface area contributed by atoms with Gasteiger partial charge in [-0.15, -0.1) is 0 Å². The highest BCUT2D eigenvalue weighted by molar-refractivity contribution is 6.23. The van der Waals surface area contributed by atoms with Gasteiger partial charge in [-0.2, -0.15) is 0 Å². The molecule has 9 aromatic rings. The molecule has 0 saturated heterocycles. The molecule has 0 bridgehead atoms. The molecular formula is C59H46. The van der Waals surface area contributed by atoms with Crippen LogP contribution in [0, 0.1) is 0 Å². The molecule has 0 fully saturated rings. The molecular weight excluding hydrogens is 709 g/mol. The first kappa shape index (κ1) is 34.5. The summed E-state index contributed by atoms with van der Waals surface area (Å²) in [5.41, 5.74) is 24.0. The van der Waals surface area contributed by atoms with Crippen molar-refractivity contribution in [3.05, 3.63) is 203 Å². The highest BCUT2D eigenvalue weighted by Gasteiger charge is 2.39. The second-order valence-corrected chi connectivity index (χ2v) is 18.8. The van der Waals surface area contributed by atoms with Crippen molar-refractivity contribution in [1.29, 1.82) is 0 Å². The Morgan fingerprint density at radius 1 is 0.237 bits per heavy atom. The first-order chi connectivity index (χ1) is 28.5. The van der Waals surface area contributed by atoms with E-state index in [1.165, 1.54) is 122 Å². The van der Waals surface area contributed by atoms with Gasteiger partial charge in [0.2, 0.25) is 0 Å². The topological polar surface area (TPSA) is 0 Å². The first-order valence-corrected chi connectivity index (χ1v) is 21.3. The molecule has 12 rings (SSSR count). The standard InChI is InChI=1S/C59H46/c1-57(2)50-24-14-11-20-45(50)56-46(21-15-25-51(56)57)55-43-19-8-7-18-42(43)54(37-28-30-41-39-17-10-13-23-49(39)59(5,6)53(41)34-37)47-32-35(27-31-44(47)55)36-26-29-40-38-16-9-12-22-48(38)58(3,4)52(40)33-36/h7-34H,1-6H3. The lowest BCUT2D eigenvalue weighted by Crippen LogP contribution is -2.15. The van der Waals surface area contributed by atoms with Crippen LogP contribution in [-0.2, 0) is 16.2 Å². The van der Waals surface area contributed by atoms with Gasteiger partial charge in [0.25, 0.3) is 0 Å². The number of hydrogen-bond acceptors (Lipinski definition) is 0.